The molecule has 1 aliphatic carbocycles. The van der Waals surface area contributed by atoms with Crippen LogP contribution in [0.1, 0.15) is 38.5 Å². The quantitative estimate of drug-likeness (QED) is 0.732. The van der Waals surface area contributed by atoms with Gasteiger partial charge in [0.15, 0.2) is 0 Å². The Morgan fingerprint density at radius 2 is 1.95 bits per heavy atom. The van der Waals surface area contributed by atoms with Gasteiger partial charge in [-0.1, -0.05) is 18.6 Å². The number of hydrogen-bond acceptors (Lipinski definition) is 3. The standard InChI is InChI=1S/C18H33N3O/c1-19-15-16-9-4-5-10-17(16)18(22)20(2)11-8-14-21-12-6-3-7-13-21/h4-5,16-17,19H,3,6-15H2,1-2H3. The van der Waals surface area contributed by atoms with Gasteiger partial charge >= 0.3 is 0 Å². The molecule has 2 rings (SSSR count). The maximum absolute atomic E-state index is 12.7. The normalized spacial score (nSPS) is 26.1. The molecule has 0 saturated carbocycles. The van der Waals surface area contributed by atoms with Gasteiger partial charge in [0, 0.05) is 19.5 Å². The Balaban J connectivity index is 1.74. The van der Waals surface area contributed by atoms with Crippen LogP contribution in [0.15, 0.2) is 12.2 Å². The summed E-state index contributed by atoms with van der Waals surface area (Å²) in [5.41, 5.74) is 0. The van der Waals surface area contributed by atoms with Crippen molar-refractivity contribution in [3.8, 4) is 0 Å². The Bertz CT molecular complexity index is 363. The molecule has 1 aliphatic heterocycles. The predicted molar refractivity (Wildman–Crippen MR) is 91.8 cm³/mol. The summed E-state index contributed by atoms with van der Waals surface area (Å²) in [6, 6.07) is 0. The van der Waals surface area contributed by atoms with E-state index in [9.17, 15) is 4.79 Å². The minimum Gasteiger partial charge on any atom is -0.345 e. The van der Waals surface area contributed by atoms with Gasteiger partial charge in [-0.2, -0.15) is 0 Å². The number of nitrogens with zero attached hydrogens (tertiary/aromatic N) is 2. The number of allylic oxidation sites excluding steroid dienone is 2. The lowest BCUT2D eigenvalue weighted by molar-refractivity contribution is -0.136. The zero-order valence-electron chi connectivity index (χ0n) is 14.4. The Morgan fingerprint density at radius 1 is 1.23 bits per heavy atom. The number of carbonyl (C=O) groups excluding carboxylic acids is 1. The molecule has 2 atom stereocenters. The Hall–Kier alpha value is -0.870. The van der Waals surface area contributed by atoms with Gasteiger partial charge in [-0.3, -0.25) is 4.79 Å². The Morgan fingerprint density at radius 3 is 2.68 bits per heavy atom. The van der Waals surface area contributed by atoms with Crippen LogP contribution in [0.2, 0.25) is 0 Å². The van der Waals surface area contributed by atoms with E-state index in [1.54, 1.807) is 0 Å². The van der Waals surface area contributed by atoms with E-state index < -0.39 is 0 Å². The molecule has 0 aromatic rings. The van der Waals surface area contributed by atoms with Crippen molar-refractivity contribution in [2.75, 3.05) is 46.8 Å². The predicted octanol–water partition coefficient (Wildman–Crippen LogP) is 2.12. The first-order chi connectivity index (χ1) is 10.7. The molecule has 1 fully saturated rings. The molecule has 1 heterocycles. The van der Waals surface area contributed by atoms with Crippen molar-refractivity contribution >= 4 is 5.91 Å². The second-order valence-corrected chi connectivity index (χ2v) is 6.88. The Kier molecular flexibility index (Phi) is 7.40. The molecule has 0 aromatic heterocycles. The van der Waals surface area contributed by atoms with E-state index in [-0.39, 0.29) is 5.92 Å². The number of nitrogens with one attached hydrogen (secondary N) is 1. The minimum absolute atomic E-state index is 0.164. The number of rotatable bonds is 7. The largest absolute Gasteiger partial charge is 0.345 e. The fourth-order valence-corrected chi connectivity index (χ4v) is 3.77. The van der Waals surface area contributed by atoms with Crippen LogP contribution in [0.3, 0.4) is 0 Å². The number of amides is 1. The minimum atomic E-state index is 0.164. The van der Waals surface area contributed by atoms with Crippen molar-refractivity contribution in [2.45, 2.75) is 38.5 Å². The van der Waals surface area contributed by atoms with Crippen molar-refractivity contribution in [1.29, 1.82) is 0 Å². The molecule has 2 aliphatic rings. The molecule has 1 amide bonds. The van der Waals surface area contributed by atoms with Gasteiger partial charge in [0.1, 0.15) is 0 Å². The zero-order valence-corrected chi connectivity index (χ0v) is 14.4. The summed E-state index contributed by atoms with van der Waals surface area (Å²) in [7, 11) is 3.95. The lowest BCUT2D eigenvalue weighted by Gasteiger charge is -2.32. The van der Waals surface area contributed by atoms with E-state index in [1.807, 2.05) is 19.0 Å². The molecule has 0 aromatic carbocycles. The van der Waals surface area contributed by atoms with E-state index in [4.69, 9.17) is 0 Å². The van der Waals surface area contributed by atoms with Crippen LogP contribution in [0, 0.1) is 11.8 Å². The highest BCUT2D eigenvalue weighted by molar-refractivity contribution is 5.79. The lowest BCUT2D eigenvalue weighted by Crippen LogP contribution is -2.41. The van der Waals surface area contributed by atoms with E-state index in [0.717, 1.165) is 38.9 Å². The zero-order chi connectivity index (χ0) is 15.8. The molecule has 1 saturated heterocycles. The number of carbonyl (C=O) groups is 1. The first-order valence-electron chi connectivity index (χ1n) is 8.99. The molecule has 22 heavy (non-hydrogen) atoms. The average Bonchev–Trinajstić information content (AvgIpc) is 2.56. The van der Waals surface area contributed by atoms with Gasteiger partial charge in [-0.15, -0.1) is 0 Å². The Labute approximate surface area is 135 Å². The molecule has 1 N–H and O–H groups in total. The van der Waals surface area contributed by atoms with Crippen LogP contribution in [0.25, 0.3) is 0 Å². The van der Waals surface area contributed by atoms with E-state index in [2.05, 4.69) is 22.4 Å². The summed E-state index contributed by atoms with van der Waals surface area (Å²) in [6.45, 7) is 5.46. The van der Waals surface area contributed by atoms with Crippen molar-refractivity contribution in [2.24, 2.45) is 11.8 Å². The molecule has 0 spiro atoms. The number of likely N-dealkylation sites (tertiary alicyclic amines) is 1. The second-order valence-electron chi connectivity index (χ2n) is 6.88. The summed E-state index contributed by atoms with van der Waals surface area (Å²) in [5.74, 6) is 0.952. The topological polar surface area (TPSA) is 35.6 Å². The van der Waals surface area contributed by atoms with Crippen molar-refractivity contribution in [3.05, 3.63) is 12.2 Å². The van der Waals surface area contributed by atoms with Crippen LogP contribution in [-0.4, -0.2) is 62.5 Å². The third-order valence-corrected chi connectivity index (χ3v) is 5.14. The molecule has 0 radical (unpaired) electrons. The molecule has 126 valence electrons. The summed E-state index contributed by atoms with van der Waals surface area (Å²) in [5, 5.41) is 3.24. The summed E-state index contributed by atoms with van der Waals surface area (Å²) < 4.78 is 0. The van der Waals surface area contributed by atoms with Crippen molar-refractivity contribution < 1.29 is 4.79 Å². The van der Waals surface area contributed by atoms with Gasteiger partial charge in [0.25, 0.3) is 0 Å². The molecule has 2 unspecified atom stereocenters. The summed E-state index contributed by atoms with van der Waals surface area (Å²) >= 11 is 0. The van der Waals surface area contributed by atoms with Gasteiger partial charge in [0.05, 0.1) is 0 Å². The smallest absolute Gasteiger partial charge is 0.226 e. The van der Waals surface area contributed by atoms with Crippen molar-refractivity contribution in [3.63, 3.8) is 0 Å². The maximum Gasteiger partial charge on any atom is 0.226 e. The third-order valence-electron chi connectivity index (χ3n) is 5.14. The van der Waals surface area contributed by atoms with Crippen molar-refractivity contribution in [1.82, 2.24) is 15.1 Å². The van der Waals surface area contributed by atoms with Crippen LogP contribution in [0.5, 0.6) is 0 Å². The summed E-state index contributed by atoms with van der Waals surface area (Å²) in [4.78, 5) is 17.2. The number of hydrogen-bond donors (Lipinski definition) is 1. The van der Waals surface area contributed by atoms with E-state index >= 15 is 0 Å². The van der Waals surface area contributed by atoms with Gasteiger partial charge in [-0.25, -0.2) is 0 Å². The lowest BCUT2D eigenvalue weighted by atomic mass is 9.82. The van der Waals surface area contributed by atoms with Gasteiger partial charge in [-0.05, 0) is 71.2 Å². The molecule has 0 bridgehead atoms. The maximum atomic E-state index is 12.7. The monoisotopic (exact) mass is 307 g/mol. The van der Waals surface area contributed by atoms with Crippen LogP contribution < -0.4 is 5.32 Å². The first kappa shape index (κ1) is 17.5. The highest BCUT2D eigenvalue weighted by Gasteiger charge is 2.30. The van der Waals surface area contributed by atoms with E-state index in [0.29, 0.717) is 11.8 Å². The fourth-order valence-electron chi connectivity index (χ4n) is 3.77. The first-order valence-corrected chi connectivity index (χ1v) is 8.99. The molecular formula is C18H33N3O. The summed E-state index contributed by atoms with van der Waals surface area (Å²) in [6.07, 6.45) is 11.5. The van der Waals surface area contributed by atoms with Gasteiger partial charge < -0.3 is 15.1 Å². The van der Waals surface area contributed by atoms with Crippen LogP contribution in [0.4, 0.5) is 0 Å². The van der Waals surface area contributed by atoms with Crippen LogP contribution >= 0.6 is 0 Å². The highest BCUT2D eigenvalue weighted by Crippen LogP contribution is 2.26. The number of piperidine rings is 1. The third kappa shape index (κ3) is 5.10. The molecule has 4 nitrogen and oxygen atoms in total. The van der Waals surface area contributed by atoms with Crippen LogP contribution in [-0.2, 0) is 4.79 Å². The molecular weight excluding hydrogens is 274 g/mol. The van der Waals surface area contributed by atoms with E-state index in [1.165, 1.54) is 32.4 Å². The second kappa shape index (κ2) is 9.31. The van der Waals surface area contributed by atoms with Gasteiger partial charge in [0.2, 0.25) is 5.91 Å². The average molecular weight is 307 g/mol. The SMILES string of the molecule is CNCC1CC=CCC1C(=O)N(C)CCCN1CCCCC1. The molecule has 4 heteroatoms. The highest BCUT2D eigenvalue weighted by atomic mass is 16.2. The fraction of sp³-hybridized carbons (Fsp3) is 0.833.